The Balaban J connectivity index is 2.03. The molecule has 17 heavy (non-hydrogen) atoms. The van der Waals surface area contributed by atoms with E-state index in [9.17, 15) is 4.79 Å². The maximum Gasteiger partial charge on any atom is 0.237 e. The first-order chi connectivity index (χ1) is 8.29. The molecule has 88 valence electrons. The third kappa shape index (κ3) is 3.04. The number of pyridine rings is 1. The van der Waals surface area contributed by atoms with Crippen LogP contribution in [0.1, 0.15) is 4.88 Å². The predicted molar refractivity (Wildman–Crippen MR) is 67.4 cm³/mol. The number of thiophene rings is 1. The van der Waals surface area contributed by atoms with E-state index in [0.717, 1.165) is 4.88 Å². The van der Waals surface area contributed by atoms with E-state index in [1.165, 1.54) is 7.11 Å². The number of hydrogen-bond acceptors (Lipinski definition) is 4. The van der Waals surface area contributed by atoms with Crippen LogP contribution in [0.3, 0.4) is 0 Å². The van der Waals surface area contributed by atoms with Gasteiger partial charge in [-0.1, -0.05) is 6.07 Å². The van der Waals surface area contributed by atoms with Gasteiger partial charge in [0, 0.05) is 11.1 Å². The molecule has 0 saturated carbocycles. The lowest BCUT2D eigenvalue weighted by Crippen LogP contribution is -2.14. The average Bonchev–Trinajstić information content (AvgIpc) is 2.82. The normalized spacial score (nSPS) is 9.94. The molecule has 4 nitrogen and oxygen atoms in total. The largest absolute Gasteiger partial charge is 0.480 e. The third-order valence-electron chi connectivity index (χ3n) is 2.15. The number of anilines is 1. The van der Waals surface area contributed by atoms with E-state index < -0.39 is 0 Å². The van der Waals surface area contributed by atoms with Crippen molar-refractivity contribution in [3.05, 3.63) is 40.7 Å². The van der Waals surface area contributed by atoms with Gasteiger partial charge in [0.15, 0.2) is 0 Å². The summed E-state index contributed by atoms with van der Waals surface area (Å²) in [6.45, 7) is 0. The standard InChI is InChI=1S/C12H12N2O2S/c1-16-12-10(5-2-6-13-12)14-11(15)8-9-4-3-7-17-9/h2-7H,8H2,1H3,(H,14,15). The molecule has 2 aromatic heterocycles. The quantitative estimate of drug-likeness (QED) is 0.903. The smallest absolute Gasteiger partial charge is 0.237 e. The molecule has 0 fully saturated rings. The van der Waals surface area contributed by atoms with Gasteiger partial charge in [-0.2, -0.15) is 0 Å². The first-order valence-corrected chi connectivity index (χ1v) is 5.99. The van der Waals surface area contributed by atoms with E-state index in [1.807, 2.05) is 17.5 Å². The van der Waals surface area contributed by atoms with Gasteiger partial charge in [-0.3, -0.25) is 4.79 Å². The molecule has 5 heteroatoms. The third-order valence-corrected chi connectivity index (χ3v) is 3.03. The van der Waals surface area contributed by atoms with Crippen molar-refractivity contribution < 1.29 is 9.53 Å². The molecule has 0 radical (unpaired) electrons. The van der Waals surface area contributed by atoms with Gasteiger partial charge in [0.25, 0.3) is 0 Å². The molecule has 0 bridgehead atoms. The zero-order valence-corrected chi connectivity index (χ0v) is 10.2. The highest BCUT2D eigenvalue weighted by Crippen LogP contribution is 2.20. The molecule has 0 aromatic carbocycles. The summed E-state index contributed by atoms with van der Waals surface area (Å²) in [7, 11) is 1.53. The summed E-state index contributed by atoms with van der Waals surface area (Å²) >= 11 is 1.56. The minimum Gasteiger partial charge on any atom is -0.480 e. The molecular formula is C12H12N2O2S. The Labute approximate surface area is 103 Å². The van der Waals surface area contributed by atoms with Gasteiger partial charge in [-0.25, -0.2) is 4.98 Å². The maximum atomic E-state index is 11.8. The molecule has 0 aliphatic rings. The van der Waals surface area contributed by atoms with Crippen molar-refractivity contribution in [1.82, 2.24) is 4.98 Å². The number of aromatic nitrogens is 1. The molecule has 0 unspecified atom stereocenters. The van der Waals surface area contributed by atoms with Gasteiger partial charge in [-0.05, 0) is 23.6 Å². The van der Waals surface area contributed by atoms with Gasteiger partial charge in [0.05, 0.1) is 13.5 Å². The fraction of sp³-hybridized carbons (Fsp3) is 0.167. The number of nitrogens with one attached hydrogen (secondary N) is 1. The molecule has 0 aliphatic heterocycles. The van der Waals surface area contributed by atoms with Crippen molar-refractivity contribution in [2.24, 2.45) is 0 Å². The second kappa shape index (κ2) is 5.45. The Morgan fingerprint density at radius 1 is 1.47 bits per heavy atom. The summed E-state index contributed by atoms with van der Waals surface area (Å²) in [4.78, 5) is 16.8. The van der Waals surface area contributed by atoms with Crippen LogP contribution in [-0.2, 0) is 11.2 Å². The highest BCUT2D eigenvalue weighted by atomic mass is 32.1. The number of carbonyl (C=O) groups is 1. The van der Waals surface area contributed by atoms with Crippen molar-refractivity contribution in [2.45, 2.75) is 6.42 Å². The Kier molecular flexibility index (Phi) is 3.72. The molecule has 0 spiro atoms. The van der Waals surface area contributed by atoms with Gasteiger partial charge in [0.2, 0.25) is 11.8 Å². The highest BCUT2D eigenvalue weighted by Gasteiger charge is 2.08. The van der Waals surface area contributed by atoms with Gasteiger partial charge >= 0.3 is 0 Å². The number of carbonyl (C=O) groups excluding carboxylic acids is 1. The van der Waals surface area contributed by atoms with Crippen LogP contribution in [0.4, 0.5) is 5.69 Å². The lowest BCUT2D eigenvalue weighted by atomic mass is 10.3. The van der Waals surface area contributed by atoms with Gasteiger partial charge in [0.1, 0.15) is 5.69 Å². The predicted octanol–water partition coefficient (Wildman–Crippen LogP) is 2.33. The average molecular weight is 248 g/mol. The number of hydrogen-bond donors (Lipinski definition) is 1. The first kappa shape index (κ1) is 11.6. The number of amides is 1. The van der Waals surface area contributed by atoms with Crippen LogP contribution >= 0.6 is 11.3 Å². The summed E-state index contributed by atoms with van der Waals surface area (Å²) < 4.78 is 5.06. The number of ether oxygens (including phenoxy) is 1. The summed E-state index contributed by atoms with van der Waals surface area (Å²) in [6.07, 6.45) is 1.99. The zero-order chi connectivity index (χ0) is 12.1. The van der Waals surface area contributed by atoms with E-state index in [-0.39, 0.29) is 5.91 Å². The Hall–Kier alpha value is -1.88. The van der Waals surface area contributed by atoms with E-state index in [2.05, 4.69) is 10.3 Å². The van der Waals surface area contributed by atoms with Crippen molar-refractivity contribution in [1.29, 1.82) is 0 Å². The topological polar surface area (TPSA) is 51.2 Å². The van der Waals surface area contributed by atoms with Crippen molar-refractivity contribution >= 4 is 22.9 Å². The molecular weight excluding hydrogens is 236 g/mol. The lowest BCUT2D eigenvalue weighted by molar-refractivity contribution is -0.115. The number of methoxy groups -OCH3 is 1. The van der Waals surface area contributed by atoms with E-state index in [4.69, 9.17) is 4.74 Å². The molecule has 1 amide bonds. The van der Waals surface area contributed by atoms with Crippen LogP contribution in [0.5, 0.6) is 5.88 Å². The van der Waals surface area contributed by atoms with E-state index in [1.54, 1.807) is 29.7 Å². The summed E-state index contributed by atoms with van der Waals surface area (Å²) in [5.41, 5.74) is 0.594. The van der Waals surface area contributed by atoms with Crippen LogP contribution in [0.25, 0.3) is 0 Å². The van der Waals surface area contributed by atoms with Crippen LogP contribution < -0.4 is 10.1 Å². The minimum absolute atomic E-state index is 0.0706. The minimum atomic E-state index is -0.0706. The molecule has 0 saturated heterocycles. The van der Waals surface area contributed by atoms with Crippen molar-refractivity contribution in [3.63, 3.8) is 0 Å². The van der Waals surface area contributed by atoms with Crippen LogP contribution in [0.2, 0.25) is 0 Å². The van der Waals surface area contributed by atoms with Crippen molar-refractivity contribution in [3.8, 4) is 5.88 Å². The lowest BCUT2D eigenvalue weighted by Gasteiger charge is -2.07. The Morgan fingerprint density at radius 2 is 2.35 bits per heavy atom. The maximum absolute atomic E-state index is 11.8. The summed E-state index contributed by atoms with van der Waals surface area (Å²) in [6, 6.07) is 7.38. The second-order valence-corrected chi connectivity index (χ2v) is 4.40. The fourth-order valence-electron chi connectivity index (χ4n) is 1.41. The summed E-state index contributed by atoms with van der Waals surface area (Å²) in [5.74, 6) is 0.353. The molecule has 2 heterocycles. The summed E-state index contributed by atoms with van der Waals surface area (Å²) in [5, 5.41) is 4.73. The fourth-order valence-corrected chi connectivity index (χ4v) is 2.12. The number of rotatable bonds is 4. The molecule has 2 rings (SSSR count). The van der Waals surface area contributed by atoms with Crippen LogP contribution in [-0.4, -0.2) is 18.0 Å². The molecule has 0 atom stereocenters. The monoisotopic (exact) mass is 248 g/mol. The van der Waals surface area contributed by atoms with Gasteiger partial charge < -0.3 is 10.1 Å². The number of nitrogens with zero attached hydrogens (tertiary/aromatic N) is 1. The van der Waals surface area contributed by atoms with Crippen LogP contribution in [0, 0.1) is 0 Å². The zero-order valence-electron chi connectivity index (χ0n) is 9.34. The first-order valence-electron chi connectivity index (χ1n) is 5.11. The molecule has 2 aromatic rings. The molecule has 0 aliphatic carbocycles. The van der Waals surface area contributed by atoms with E-state index >= 15 is 0 Å². The Bertz CT molecular complexity index is 497. The SMILES string of the molecule is COc1ncccc1NC(=O)Cc1cccs1. The Morgan fingerprint density at radius 3 is 3.06 bits per heavy atom. The van der Waals surface area contributed by atoms with Crippen molar-refractivity contribution in [2.75, 3.05) is 12.4 Å². The van der Waals surface area contributed by atoms with E-state index in [0.29, 0.717) is 18.0 Å². The molecule has 1 N–H and O–H groups in total. The second-order valence-electron chi connectivity index (χ2n) is 3.36. The highest BCUT2D eigenvalue weighted by molar-refractivity contribution is 7.10. The van der Waals surface area contributed by atoms with Gasteiger partial charge in [-0.15, -0.1) is 11.3 Å². The van der Waals surface area contributed by atoms with Crippen LogP contribution in [0.15, 0.2) is 35.8 Å².